The topological polar surface area (TPSA) is 63.2 Å². The van der Waals surface area contributed by atoms with Crippen LogP contribution in [0.4, 0.5) is 0 Å². The Balaban J connectivity index is 2.18. The summed E-state index contributed by atoms with van der Waals surface area (Å²) in [6, 6.07) is 0.0483. The number of hydrogen-bond acceptors (Lipinski definition) is 5. The summed E-state index contributed by atoms with van der Waals surface area (Å²) in [5, 5.41) is 4.05. The van der Waals surface area contributed by atoms with Crippen molar-refractivity contribution in [3.05, 3.63) is 10.6 Å². The van der Waals surface area contributed by atoms with E-state index in [0.717, 1.165) is 36.6 Å². The Kier molecular flexibility index (Phi) is 4.29. The molecule has 0 saturated carbocycles. The van der Waals surface area contributed by atoms with Crippen molar-refractivity contribution in [1.82, 2.24) is 14.5 Å². The van der Waals surface area contributed by atoms with Crippen molar-refractivity contribution < 1.29 is 9.59 Å². The maximum absolute atomic E-state index is 12.6. The zero-order valence-corrected chi connectivity index (χ0v) is 12.4. The molecule has 1 saturated heterocycles. The standard InChI is InChI=1S/C13H19N3O2S/c1-8(2)11-12(19-15-14-11)13(18)16-6-4-5-10(16)7-9(3)17/h8,10H,4-7H2,1-3H3. The molecule has 0 radical (unpaired) electrons. The number of aromatic nitrogens is 2. The first kappa shape index (κ1) is 14.1. The van der Waals surface area contributed by atoms with Gasteiger partial charge in [0.2, 0.25) is 0 Å². The molecule has 6 heteroatoms. The Bertz CT molecular complexity index is 484. The number of ketones is 1. The van der Waals surface area contributed by atoms with E-state index in [1.807, 2.05) is 18.7 Å². The van der Waals surface area contributed by atoms with Crippen LogP contribution in [0.25, 0.3) is 0 Å². The van der Waals surface area contributed by atoms with Gasteiger partial charge < -0.3 is 4.90 Å². The number of hydrogen-bond donors (Lipinski definition) is 0. The summed E-state index contributed by atoms with van der Waals surface area (Å²) in [5.74, 6) is 0.310. The van der Waals surface area contributed by atoms with Gasteiger partial charge in [0, 0.05) is 19.0 Å². The second-order valence-electron chi connectivity index (χ2n) is 5.34. The van der Waals surface area contributed by atoms with Crippen molar-refractivity contribution in [2.45, 2.75) is 52.0 Å². The zero-order valence-electron chi connectivity index (χ0n) is 11.5. The molecule has 1 aliphatic heterocycles. The van der Waals surface area contributed by atoms with Gasteiger partial charge in [-0.1, -0.05) is 18.3 Å². The molecule has 1 atom stereocenters. The highest BCUT2D eigenvalue weighted by Gasteiger charge is 2.32. The van der Waals surface area contributed by atoms with Crippen molar-refractivity contribution in [3.63, 3.8) is 0 Å². The highest BCUT2D eigenvalue weighted by Crippen LogP contribution is 2.27. The van der Waals surface area contributed by atoms with Crippen LogP contribution in [0, 0.1) is 0 Å². The van der Waals surface area contributed by atoms with Crippen LogP contribution in [-0.4, -0.2) is 38.8 Å². The molecular formula is C13H19N3O2S. The van der Waals surface area contributed by atoms with Crippen molar-refractivity contribution in [1.29, 1.82) is 0 Å². The van der Waals surface area contributed by atoms with E-state index in [1.54, 1.807) is 6.92 Å². The molecule has 5 nitrogen and oxygen atoms in total. The molecule has 104 valence electrons. The number of Topliss-reactive ketones (excluding diaryl/α,β-unsaturated/α-hetero) is 1. The average molecular weight is 281 g/mol. The zero-order chi connectivity index (χ0) is 14.0. The van der Waals surface area contributed by atoms with E-state index in [1.165, 1.54) is 0 Å². The molecule has 1 aliphatic rings. The van der Waals surface area contributed by atoms with Crippen LogP contribution in [-0.2, 0) is 4.79 Å². The number of nitrogens with zero attached hydrogens (tertiary/aromatic N) is 3. The third-order valence-corrected chi connectivity index (χ3v) is 4.15. The van der Waals surface area contributed by atoms with Crippen molar-refractivity contribution in [2.75, 3.05) is 6.54 Å². The first-order chi connectivity index (χ1) is 9.00. The molecule has 0 aliphatic carbocycles. The lowest BCUT2D eigenvalue weighted by atomic mass is 10.1. The Labute approximate surface area is 117 Å². The molecule has 19 heavy (non-hydrogen) atoms. The molecule has 0 bridgehead atoms. The van der Waals surface area contributed by atoms with Gasteiger partial charge in [-0.3, -0.25) is 9.59 Å². The van der Waals surface area contributed by atoms with Gasteiger partial charge in [-0.25, -0.2) is 0 Å². The normalized spacial score (nSPS) is 19.2. The highest BCUT2D eigenvalue weighted by molar-refractivity contribution is 7.08. The second-order valence-corrected chi connectivity index (χ2v) is 6.10. The average Bonchev–Trinajstić information content (AvgIpc) is 2.94. The molecule has 1 fully saturated rings. The molecule has 0 N–H and O–H groups in total. The Hall–Kier alpha value is -1.30. The molecular weight excluding hydrogens is 262 g/mol. The fraction of sp³-hybridized carbons (Fsp3) is 0.692. The quantitative estimate of drug-likeness (QED) is 0.849. The molecule has 0 aromatic carbocycles. The predicted octanol–water partition coefficient (Wildman–Crippen LogP) is 2.25. The van der Waals surface area contributed by atoms with Crippen LogP contribution in [0.15, 0.2) is 0 Å². The van der Waals surface area contributed by atoms with Gasteiger partial charge in [0.05, 0.1) is 5.69 Å². The van der Waals surface area contributed by atoms with Crippen LogP contribution in [0.3, 0.4) is 0 Å². The lowest BCUT2D eigenvalue weighted by Gasteiger charge is -2.23. The molecule has 1 unspecified atom stereocenters. The second kappa shape index (κ2) is 5.77. The summed E-state index contributed by atoms with van der Waals surface area (Å²) >= 11 is 1.16. The minimum Gasteiger partial charge on any atom is -0.334 e. The van der Waals surface area contributed by atoms with Gasteiger partial charge in [-0.2, -0.15) is 0 Å². The number of carbonyl (C=O) groups excluding carboxylic acids is 2. The minimum atomic E-state index is -0.0116. The Morgan fingerprint density at radius 3 is 2.84 bits per heavy atom. The molecule has 2 heterocycles. The lowest BCUT2D eigenvalue weighted by Crippen LogP contribution is -2.36. The van der Waals surface area contributed by atoms with Gasteiger partial charge in [-0.05, 0) is 37.2 Å². The predicted molar refractivity (Wildman–Crippen MR) is 73.4 cm³/mol. The summed E-state index contributed by atoms with van der Waals surface area (Å²) in [7, 11) is 0. The first-order valence-electron chi connectivity index (χ1n) is 6.63. The van der Waals surface area contributed by atoms with Crippen molar-refractivity contribution >= 4 is 23.2 Å². The van der Waals surface area contributed by atoms with Crippen LogP contribution < -0.4 is 0 Å². The maximum atomic E-state index is 12.6. The number of carbonyl (C=O) groups is 2. The summed E-state index contributed by atoms with van der Waals surface area (Å²) < 4.78 is 3.90. The summed E-state index contributed by atoms with van der Waals surface area (Å²) in [6.07, 6.45) is 2.33. The van der Waals surface area contributed by atoms with E-state index in [9.17, 15) is 9.59 Å². The first-order valence-corrected chi connectivity index (χ1v) is 7.40. The van der Waals surface area contributed by atoms with Crippen molar-refractivity contribution in [3.8, 4) is 0 Å². The lowest BCUT2D eigenvalue weighted by molar-refractivity contribution is -0.117. The summed E-state index contributed by atoms with van der Waals surface area (Å²) in [6.45, 7) is 6.32. The van der Waals surface area contributed by atoms with Crippen LogP contribution >= 0.6 is 11.5 Å². The summed E-state index contributed by atoms with van der Waals surface area (Å²) in [5.41, 5.74) is 0.767. The Morgan fingerprint density at radius 2 is 2.21 bits per heavy atom. The fourth-order valence-electron chi connectivity index (χ4n) is 2.50. The smallest absolute Gasteiger partial charge is 0.267 e. The van der Waals surface area contributed by atoms with E-state index in [2.05, 4.69) is 9.59 Å². The Morgan fingerprint density at radius 1 is 1.47 bits per heavy atom. The number of rotatable bonds is 4. The minimum absolute atomic E-state index is 0.0116. The molecule has 2 rings (SSSR count). The van der Waals surface area contributed by atoms with Gasteiger partial charge in [0.25, 0.3) is 5.91 Å². The number of amides is 1. The van der Waals surface area contributed by atoms with E-state index in [0.29, 0.717) is 11.3 Å². The van der Waals surface area contributed by atoms with Gasteiger partial charge in [0.1, 0.15) is 10.7 Å². The largest absolute Gasteiger partial charge is 0.334 e. The van der Waals surface area contributed by atoms with E-state index in [-0.39, 0.29) is 23.7 Å². The third kappa shape index (κ3) is 3.00. The van der Waals surface area contributed by atoms with E-state index >= 15 is 0 Å². The molecule has 1 aromatic rings. The highest BCUT2D eigenvalue weighted by atomic mass is 32.1. The molecule has 1 aromatic heterocycles. The fourth-order valence-corrected chi connectivity index (χ4v) is 3.28. The number of likely N-dealkylation sites (tertiary alicyclic amines) is 1. The molecule has 0 spiro atoms. The molecule has 1 amide bonds. The monoisotopic (exact) mass is 281 g/mol. The van der Waals surface area contributed by atoms with E-state index in [4.69, 9.17) is 0 Å². The van der Waals surface area contributed by atoms with Crippen LogP contribution in [0.5, 0.6) is 0 Å². The third-order valence-electron chi connectivity index (χ3n) is 3.42. The van der Waals surface area contributed by atoms with Crippen LogP contribution in [0.1, 0.15) is 61.3 Å². The van der Waals surface area contributed by atoms with Gasteiger partial charge in [-0.15, -0.1) is 5.10 Å². The van der Waals surface area contributed by atoms with Gasteiger partial charge in [0.15, 0.2) is 0 Å². The van der Waals surface area contributed by atoms with Gasteiger partial charge >= 0.3 is 0 Å². The van der Waals surface area contributed by atoms with E-state index < -0.39 is 0 Å². The van der Waals surface area contributed by atoms with Crippen LogP contribution in [0.2, 0.25) is 0 Å². The SMILES string of the molecule is CC(=O)CC1CCCN1C(=O)c1snnc1C(C)C. The van der Waals surface area contributed by atoms with Crippen molar-refractivity contribution in [2.24, 2.45) is 0 Å². The maximum Gasteiger partial charge on any atom is 0.267 e. The summed E-state index contributed by atoms with van der Waals surface area (Å²) in [4.78, 5) is 26.3.